The zero-order chi connectivity index (χ0) is 21.3. The number of hydrogen-bond acceptors (Lipinski definition) is 5. The monoisotopic (exact) mass is 408 g/mol. The van der Waals surface area contributed by atoms with Crippen LogP contribution in [-0.4, -0.2) is 25.1 Å². The van der Waals surface area contributed by atoms with Crippen molar-refractivity contribution in [3.05, 3.63) is 64.8 Å². The molecule has 0 aliphatic carbocycles. The molecule has 0 spiro atoms. The van der Waals surface area contributed by atoms with Gasteiger partial charge < -0.3 is 19.8 Å². The summed E-state index contributed by atoms with van der Waals surface area (Å²) in [5, 5.41) is 5.60. The summed E-state index contributed by atoms with van der Waals surface area (Å²) >= 11 is 0. The summed E-state index contributed by atoms with van der Waals surface area (Å²) < 4.78 is 11.0. The highest BCUT2D eigenvalue weighted by atomic mass is 16.6. The molecule has 0 saturated carbocycles. The van der Waals surface area contributed by atoms with Crippen molar-refractivity contribution in [1.82, 2.24) is 10.6 Å². The quantitative estimate of drug-likeness (QED) is 0.552. The van der Waals surface area contributed by atoms with E-state index in [1.54, 1.807) is 12.1 Å². The van der Waals surface area contributed by atoms with Gasteiger partial charge in [-0.3, -0.25) is 9.59 Å². The minimum Gasteiger partial charge on any atom is -0.456 e. The lowest BCUT2D eigenvalue weighted by Crippen LogP contribution is -2.35. The molecule has 1 aromatic heterocycles. The van der Waals surface area contributed by atoms with Crippen molar-refractivity contribution in [2.24, 2.45) is 0 Å². The summed E-state index contributed by atoms with van der Waals surface area (Å²) in [6.45, 7) is 2.58. The van der Waals surface area contributed by atoms with Gasteiger partial charge in [-0.05, 0) is 24.6 Å². The molecule has 2 aromatic carbocycles. The van der Waals surface area contributed by atoms with E-state index in [9.17, 15) is 14.4 Å². The number of hydrogen-bond donors (Lipinski definition) is 2. The van der Waals surface area contributed by atoms with E-state index < -0.39 is 6.09 Å². The molecule has 1 heterocycles. The number of carbonyl (C=O) groups is 2. The second-order valence-electron chi connectivity index (χ2n) is 6.77. The number of nitrogens with one attached hydrogen (secondary N) is 2. The maximum Gasteiger partial charge on any atom is 0.412 e. The lowest BCUT2D eigenvalue weighted by molar-refractivity contribution is -0.121. The van der Waals surface area contributed by atoms with Crippen LogP contribution in [-0.2, 0) is 4.79 Å². The largest absolute Gasteiger partial charge is 0.456 e. The van der Waals surface area contributed by atoms with Crippen molar-refractivity contribution in [3.63, 3.8) is 0 Å². The maximum absolute atomic E-state index is 12.5. The van der Waals surface area contributed by atoms with Crippen molar-refractivity contribution in [1.29, 1.82) is 0 Å². The molecule has 0 radical (unpaired) electrons. The summed E-state index contributed by atoms with van der Waals surface area (Å²) in [4.78, 5) is 36.0. The molecule has 0 fully saturated rings. The van der Waals surface area contributed by atoms with Crippen LogP contribution in [0.4, 0.5) is 4.79 Å². The van der Waals surface area contributed by atoms with Gasteiger partial charge in [0, 0.05) is 31.1 Å². The molecular weight excluding hydrogens is 384 g/mol. The first-order chi connectivity index (χ1) is 14.6. The number of fused-ring (bicyclic) bond motifs is 1. The van der Waals surface area contributed by atoms with Crippen LogP contribution in [0.1, 0.15) is 26.2 Å². The minimum atomic E-state index is -0.664. The lowest BCUT2D eigenvalue weighted by atomic mass is 10.1. The van der Waals surface area contributed by atoms with Crippen LogP contribution in [0.5, 0.6) is 5.75 Å². The van der Waals surface area contributed by atoms with Crippen molar-refractivity contribution >= 4 is 23.0 Å². The molecule has 0 atom stereocenters. The number of carbonyl (C=O) groups excluding carboxylic acids is 2. The topological polar surface area (TPSA) is 97.6 Å². The van der Waals surface area contributed by atoms with E-state index in [0.717, 1.165) is 18.4 Å². The van der Waals surface area contributed by atoms with Gasteiger partial charge in [0.15, 0.2) is 5.43 Å². The molecule has 0 unspecified atom stereocenters. The van der Waals surface area contributed by atoms with Gasteiger partial charge in [-0.25, -0.2) is 4.79 Å². The third kappa shape index (κ3) is 5.70. The molecule has 0 bridgehead atoms. The highest BCUT2D eigenvalue weighted by Crippen LogP contribution is 2.24. The number of benzene rings is 2. The molecule has 2 N–H and O–H groups in total. The Morgan fingerprint density at radius 1 is 1.00 bits per heavy atom. The van der Waals surface area contributed by atoms with Gasteiger partial charge in [0.25, 0.3) is 0 Å². The van der Waals surface area contributed by atoms with Crippen LogP contribution < -0.4 is 20.8 Å². The van der Waals surface area contributed by atoms with E-state index in [2.05, 4.69) is 10.6 Å². The van der Waals surface area contributed by atoms with Crippen LogP contribution in [0.3, 0.4) is 0 Å². The number of amides is 2. The lowest BCUT2D eigenvalue weighted by Gasteiger charge is -2.09. The van der Waals surface area contributed by atoms with Crippen molar-refractivity contribution in [2.45, 2.75) is 26.2 Å². The van der Waals surface area contributed by atoms with Gasteiger partial charge in [0.1, 0.15) is 17.1 Å². The third-order valence-electron chi connectivity index (χ3n) is 4.44. The van der Waals surface area contributed by atoms with Crippen LogP contribution >= 0.6 is 0 Å². The summed E-state index contributed by atoms with van der Waals surface area (Å²) in [5.74, 6) is 0.662. The number of ether oxygens (including phenoxy) is 1. The molecule has 2 amide bonds. The fourth-order valence-electron chi connectivity index (χ4n) is 2.88. The van der Waals surface area contributed by atoms with Crippen LogP contribution in [0.25, 0.3) is 22.3 Å². The van der Waals surface area contributed by atoms with Gasteiger partial charge >= 0.3 is 6.09 Å². The minimum absolute atomic E-state index is 0.0388. The van der Waals surface area contributed by atoms with Crippen LogP contribution in [0.2, 0.25) is 0 Å². The van der Waals surface area contributed by atoms with Crippen molar-refractivity contribution < 1.29 is 18.7 Å². The molecule has 3 aromatic rings. The summed E-state index contributed by atoms with van der Waals surface area (Å²) in [6, 6.07) is 15.4. The summed E-state index contributed by atoms with van der Waals surface area (Å²) in [7, 11) is 0. The van der Waals surface area contributed by atoms with Crippen LogP contribution in [0, 0.1) is 0 Å². The van der Waals surface area contributed by atoms with E-state index in [0.29, 0.717) is 29.7 Å². The van der Waals surface area contributed by atoms with Gasteiger partial charge in [0.2, 0.25) is 5.91 Å². The molecule has 0 aliphatic heterocycles. The predicted molar refractivity (Wildman–Crippen MR) is 114 cm³/mol. The molecule has 156 valence electrons. The van der Waals surface area contributed by atoms with Crippen molar-refractivity contribution in [2.75, 3.05) is 13.1 Å². The van der Waals surface area contributed by atoms with Crippen molar-refractivity contribution in [3.8, 4) is 17.1 Å². The zero-order valence-corrected chi connectivity index (χ0v) is 16.8. The van der Waals surface area contributed by atoms with Gasteiger partial charge in [-0.15, -0.1) is 0 Å². The first kappa shape index (κ1) is 21.1. The fraction of sp³-hybridized carbons (Fsp3) is 0.261. The highest BCUT2D eigenvalue weighted by molar-refractivity contribution is 5.81. The summed E-state index contributed by atoms with van der Waals surface area (Å²) in [6.07, 6.45) is 1.61. The zero-order valence-electron chi connectivity index (χ0n) is 16.8. The Balaban J connectivity index is 1.59. The molecule has 3 rings (SSSR count). The first-order valence-electron chi connectivity index (χ1n) is 9.92. The predicted octanol–water partition coefficient (Wildman–Crippen LogP) is 3.85. The van der Waals surface area contributed by atoms with Gasteiger partial charge in [-0.1, -0.05) is 43.7 Å². The van der Waals surface area contributed by atoms with E-state index in [1.807, 2.05) is 37.3 Å². The van der Waals surface area contributed by atoms with Crippen LogP contribution in [0.15, 0.2) is 63.8 Å². The molecule has 0 saturated heterocycles. The Morgan fingerprint density at radius 2 is 1.77 bits per heavy atom. The van der Waals surface area contributed by atoms with Gasteiger partial charge in [-0.2, -0.15) is 0 Å². The fourth-order valence-corrected chi connectivity index (χ4v) is 2.88. The Labute approximate surface area is 174 Å². The Hall–Kier alpha value is -3.61. The number of rotatable bonds is 8. The molecule has 0 aliphatic rings. The second-order valence-corrected chi connectivity index (χ2v) is 6.77. The maximum atomic E-state index is 12.5. The summed E-state index contributed by atoms with van der Waals surface area (Å²) in [5.41, 5.74) is 0.984. The van der Waals surface area contributed by atoms with Gasteiger partial charge in [0.05, 0.1) is 5.39 Å². The standard InChI is InChI=1S/C23H24N2O5/c1-2-3-9-22(27)24-12-13-25-23(28)29-17-10-11-20-18(14-17)19(26)15-21(30-20)16-7-5-4-6-8-16/h4-8,10-11,14-15H,2-3,9,12-13H2,1H3,(H,24,27)(H,25,28). The Kier molecular flexibility index (Phi) is 7.21. The van der Waals surface area contributed by atoms with E-state index >= 15 is 0 Å². The normalized spacial score (nSPS) is 10.6. The Morgan fingerprint density at radius 3 is 2.53 bits per heavy atom. The highest BCUT2D eigenvalue weighted by Gasteiger charge is 2.10. The van der Waals surface area contributed by atoms with E-state index in [1.165, 1.54) is 12.1 Å². The average Bonchev–Trinajstić information content (AvgIpc) is 2.76. The van der Waals surface area contributed by atoms with E-state index in [4.69, 9.17) is 9.15 Å². The average molecular weight is 408 g/mol. The molecule has 7 heteroatoms. The first-order valence-corrected chi connectivity index (χ1v) is 9.92. The number of unbranched alkanes of at least 4 members (excludes halogenated alkanes) is 1. The SMILES string of the molecule is CCCCC(=O)NCCNC(=O)Oc1ccc2oc(-c3ccccc3)cc(=O)c2c1. The molecular formula is C23H24N2O5. The molecule has 7 nitrogen and oxygen atoms in total. The third-order valence-corrected chi connectivity index (χ3v) is 4.44. The smallest absolute Gasteiger partial charge is 0.412 e. The van der Waals surface area contributed by atoms with E-state index in [-0.39, 0.29) is 23.6 Å². The Bertz CT molecular complexity index is 1080. The molecule has 30 heavy (non-hydrogen) atoms. The second kappa shape index (κ2) is 10.2.